The molecule has 0 aromatic heterocycles. The van der Waals surface area contributed by atoms with Gasteiger partial charge in [-0.1, -0.05) is 77.5 Å². The molecule has 30 heavy (non-hydrogen) atoms. The summed E-state index contributed by atoms with van der Waals surface area (Å²) in [5, 5.41) is 12.9. The van der Waals surface area contributed by atoms with Crippen LogP contribution in [0.1, 0.15) is 109 Å². The number of hydrogen-bond acceptors (Lipinski definition) is 3. The summed E-state index contributed by atoms with van der Waals surface area (Å²) >= 11 is 0. The number of para-hydroxylation sites is 1. The fourth-order valence-corrected chi connectivity index (χ4v) is 4.55. The molecule has 4 heteroatoms. The summed E-state index contributed by atoms with van der Waals surface area (Å²) in [5.74, 6) is 0.153. The summed E-state index contributed by atoms with van der Waals surface area (Å²) in [6, 6.07) is 9.41. The van der Waals surface area contributed by atoms with E-state index in [2.05, 4.69) is 19.2 Å². The molecule has 2 unspecified atom stereocenters. The Morgan fingerprint density at radius 1 is 0.967 bits per heavy atom. The molecule has 2 fully saturated rings. The van der Waals surface area contributed by atoms with Crippen molar-refractivity contribution in [1.82, 2.24) is 5.32 Å². The minimum absolute atomic E-state index is 0.373. The third-order valence-electron chi connectivity index (χ3n) is 6.66. The number of ether oxygens (including phenoxy) is 1. The predicted molar refractivity (Wildman–Crippen MR) is 124 cm³/mol. The number of carbonyl (C=O) groups is 1. The van der Waals surface area contributed by atoms with E-state index < -0.39 is 12.1 Å². The smallest absolute Gasteiger partial charge is 0.344 e. The van der Waals surface area contributed by atoms with E-state index in [1.54, 1.807) is 0 Å². The summed E-state index contributed by atoms with van der Waals surface area (Å²) in [6.45, 7) is 6.03. The topological polar surface area (TPSA) is 58.6 Å². The first-order valence-corrected chi connectivity index (χ1v) is 12.3. The van der Waals surface area contributed by atoms with Gasteiger partial charge in [-0.05, 0) is 56.1 Å². The second kappa shape index (κ2) is 13.7. The van der Waals surface area contributed by atoms with Gasteiger partial charge in [0.05, 0.1) is 0 Å². The van der Waals surface area contributed by atoms with Gasteiger partial charge in [0.15, 0.2) is 6.10 Å². The molecule has 2 aliphatic carbocycles. The molecule has 2 aliphatic rings. The molecule has 1 aromatic rings. The summed E-state index contributed by atoms with van der Waals surface area (Å²) in [4.78, 5) is 11.0. The summed E-state index contributed by atoms with van der Waals surface area (Å²) in [7, 11) is 0. The van der Waals surface area contributed by atoms with Crippen molar-refractivity contribution in [2.75, 3.05) is 0 Å². The molecule has 2 N–H and O–H groups in total. The number of rotatable bonds is 8. The normalized spacial score (nSPS) is 20.0. The molecule has 0 amide bonds. The lowest BCUT2D eigenvalue weighted by molar-refractivity contribution is -0.145. The highest BCUT2D eigenvalue weighted by molar-refractivity contribution is 5.72. The van der Waals surface area contributed by atoms with Gasteiger partial charge in [0.25, 0.3) is 0 Å². The van der Waals surface area contributed by atoms with Gasteiger partial charge in [0, 0.05) is 12.1 Å². The zero-order valence-corrected chi connectivity index (χ0v) is 19.4. The van der Waals surface area contributed by atoms with Gasteiger partial charge in [-0.25, -0.2) is 4.79 Å². The molecule has 2 saturated carbocycles. The Labute approximate surface area is 183 Å². The molecule has 0 bridgehead atoms. The summed E-state index contributed by atoms with van der Waals surface area (Å²) < 4.78 is 5.58. The van der Waals surface area contributed by atoms with Crippen LogP contribution in [0, 0.1) is 0 Å². The molecular formula is C26H43NO3. The van der Waals surface area contributed by atoms with Crippen LogP contribution in [0.4, 0.5) is 0 Å². The second-order valence-electron chi connectivity index (χ2n) is 9.04. The third-order valence-corrected chi connectivity index (χ3v) is 6.66. The molecule has 0 aliphatic heterocycles. The molecule has 3 rings (SSSR count). The number of benzene rings is 1. The molecular weight excluding hydrogens is 374 g/mol. The lowest BCUT2D eigenvalue weighted by atomic mass is 9.91. The van der Waals surface area contributed by atoms with Crippen LogP contribution in [-0.2, 0) is 4.79 Å². The fourth-order valence-electron chi connectivity index (χ4n) is 4.55. The Bertz CT molecular complexity index is 590. The number of carboxylic acid groups (broad SMARTS) is 1. The highest BCUT2D eigenvalue weighted by Gasteiger charge is 2.20. The lowest BCUT2D eigenvalue weighted by Crippen LogP contribution is -2.40. The quantitative estimate of drug-likeness (QED) is 0.495. The van der Waals surface area contributed by atoms with Crippen molar-refractivity contribution in [3.63, 3.8) is 0 Å². The molecule has 0 spiro atoms. The maximum atomic E-state index is 11.0. The summed E-state index contributed by atoms with van der Waals surface area (Å²) in [5.41, 5.74) is 1.08. The standard InChI is InChI=1S/C14H20O3.C12H23N/c1-4-10(3)11-8-6-7-9-13(11)17-12(5-2)14(15)16;1-3-7-11(8-4-1)13-12-9-5-2-6-10-12/h6-10,12H,4-5H2,1-3H3,(H,15,16);11-13H,1-10H2. The monoisotopic (exact) mass is 417 g/mol. The number of hydrogen-bond donors (Lipinski definition) is 2. The Kier molecular flexibility index (Phi) is 11.3. The average molecular weight is 418 g/mol. The van der Waals surface area contributed by atoms with Crippen molar-refractivity contribution in [1.29, 1.82) is 0 Å². The molecule has 0 radical (unpaired) electrons. The SMILES string of the molecule is C1CCC(NC2CCCCC2)CC1.CCC(Oc1ccccc1C(C)CC)C(=O)O. The summed E-state index contributed by atoms with van der Waals surface area (Å²) in [6.07, 6.45) is 15.3. The van der Waals surface area contributed by atoms with E-state index in [0.29, 0.717) is 18.1 Å². The van der Waals surface area contributed by atoms with Gasteiger partial charge in [0.1, 0.15) is 5.75 Å². The van der Waals surface area contributed by atoms with E-state index in [-0.39, 0.29) is 0 Å². The van der Waals surface area contributed by atoms with Crippen molar-refractivity contribution >= 4 is 5.97 Å². The van der Waals surface area contributed by atoms with Crippen molar-refractivity contribution in [2.24, 2.45) is 0 Å². The van der Waals surface area contributed by atoms with E-state index in [4.69, 9.17) is 9.84 Å². The van der Waals surface area contributed by atoms with Crippen LogP contribution in [0.15, 0.2) is 24.3 Å². The van der Waals surface area contributed by atoms with Crippen LogP contribution in [-0.4, -0.2) is 29.3 Å². The second-order valence-corrected chi connectivity index (χ2v) is 9.04. The number of aliphatic carboxylic acids is 1. The van der Waals surface area contributed by atoms with E-state index in [0.717, 1.165) is 24.1 Å². The molecule has 0 heterocycles. The van der Waals surface area contributed by atoms with E-state index in [1.165, 1.54) is 64.2 Å². The van der Waals surface area contributed by atoms with E-state index in [1.807, 2.05) is 31.2 Å². The highest BCUT2D eigenvalue weighted by Crippen LogP contribution is 2.29. The largest absolute Gasteiger partial charge is 0.479 e. The minimum atomic E-state index is -0.911. The van der Waals surface area contributed by atoms with Gasteiger partial charge >= 0.3 is 5.97 Å². The van der Waals surface area contributed by atoms with E-state index in [9.17, 15) is 4.79 Å². The first-order valence-electron chi connectivity index (χ1n) is 12.3. The van der Waals surface area contributed by atoms with Crippen molar-refractivity contribution in [3.8, 4) is 5.75 Å². The number of carboxylic acids is 1. The predicted octanol–water partition coefficient (Wildman–Crippen LogP) is 6.68. The van der Waals surface area contributed by atoms with Crippen LogP contribution >= 0.6 is 0 Å². The minimum Gasteiger partial charge on any atom is -0.479 e. The van der Waals surface area contributed by atoms with Gasteiger partial charge in [-0.3, -0.25) is 0 Å². The van der Waals surface area contributed by atoms with Gasteiger partial charge in [0.2, 0.25) is 0 Å². The Morgan fingerprint density at radius 3 is 1.97 bits per heavy atom. The lowest BCUT2D eigenvalue weighted by Gasteiger charge is -2.30. The zero-order valence-electron chi connectivity index (χ0n) is 19.4. The molecule has 0 saturated heterocycles. The molecule has 4 nitrogen and oxygen atoms in total. The van der Waals surface area contributed by atoms with Crippen LogP contribution in [0.3, 0.4) is 0 Å². The van der Waals surface area contributed by atoms with Crippen molar-refractivity contribution < 1.29 is 14.6 Å². The zero-order chi connectivity index (χ0) is 21.8. The molecule has 1 aromatic carbocycles. The van der Waals surface area contributed by atoms with Crippen LogP contribution in [0.5, 0.6) is 5.75 Å². The number of nitrogens with one attached hydrogen (secondary N) is 1. The van der Waals surface area contributed by atoms with Crippen molar-refractivity contribution in [3.05, 3.63) is 29.8 Å². The fraction of sp³-hybridized carbons (Fsp3) is 0.731. The van der Waals surface area contributed by atoms with Gasteiger partial charge < -0.3 is 15.2 Å². The first kappa shape index (κ1) is 24.7. The third kappa shape index (κ3) is 8.29. The van der Waals surface area contributed by atoms with Gasteiger partial charge in [-0.15, -0.1) is 0 Å². The maximum absolute atomic E-state index is 11.0. The van der Waals surface area contributed by atoms with Crippen LogP contribution in [0.25, 0.3) is 0 Å². The van der Waals surface area contributed by atoms with E-state index >= 15 is 0 Å². The molecule has 170 valence electrons. The van der Waals surface area contributed by atoms with Crippen LogP contribution in [0.2, 0.25) is 0 Å². The Morgan fingerprint density at radius 2 is 1.50 bits per heavy atom. The maximum Gasteiger partial charge on any atom is 0.344 e. The Balaban J connectivity index is 0.000000220. The van der Waals surface area contributed by atoms with Crippen LogP contribution < -0.4 is 10.1 Å². The average Bonchev–Trinajstić information content (AvgIpc) is 2.79. The first-order chi connectivity index (χ1) is 14.5. The van der Waals surface area contributed by atoms with Crippen molar-refractivity contribution in [2.45, 2.75) is 122 Å². The molecule has 2 atom stereocenters. The Hall–Kier alpha value is -1.55. The van der Waals surface area contributed by atoms with Gasteiger partial charge in [-0.2, -0.15) is 0 Å². The highest BCUT2D eigenvalue weighted by atomic mass is 16.5.